The molecule has 0 unspecified atom stereocenters. The number of nitrogens with zero attached hydrogens (tertiary/aromatic N) is 2. The molecule has 0 saturated heterocycles. The lowest BCUT2D eigenvalue weighted by Crippen LogP contribution is -2.14. The normalized spacial score (nSPS) is 12.6. The molecule has 0 amide bonds. The molecule has 7 heteroatoms. The Balaban J connectivity index is 1.55. The largest absolute Gasteiger partial charge is 0.454 e. The van der Waals surface area contributed by atoms with Crippen LogP contribution in [0.2, 0.25) is 0 Å². The molecule has 5 rings (SSSR count). The monoisotopic (exact) mass is 377 g/mol. The standard InChI is InChI=1S/C21H16FN3O3/c22-16-3-1-13(2-4-16)21-15(10-23-11-17-5-6-28-25-17)7-14-8-19-20(27-12-26-19)9-18(14)24-21/h1-9,23H,10-12H2. The third-order valence-electron chi connectivity index (χ3n) is 4.62. The minimum atomic E-state index is -0.279. The second-order valence-corrected chi connectivity index (χ2v) is 6.50. The number of rotatable bonds is 5. The molecule has 2 aromatic carbocycles. The summed E-state index contributed by atoms with van der Waals surface area (Å²) < 4.78 is 29.2. The summed E-state index contributed by atoms with van der Waals surface area (Å²) in [4.78, 5) is 4.84. The number of nitrogens with one attached hydrogen (secondary N) is 1. The van der Waals surface area contributed by atoms with Gasteiger partial charge in [0.05, 0.1) is 16.9 Å². The molecule has 1 N–H and O–H groups in total. The molecule has 0 radical (unpaired) electrons. The third kappa shape index (κ3) is 3.16. The van der Waals surface area contributed by atoms with Crippen molar-refractivity contribution in [3.8, 4) is 22.8 Å². The Morgan fingerprint density at radius 3 is 2.57 bits per heavy atom. The van der Waals surface area contributed by atoms with Crippen LogP contribution in [0.15, 0.2) is 59.3 Å². The fraction of sp³-hybridized carbons (Fsp3) is 0.143. The molecule has 0 saturated carbocycles. The van der Waals surface area contributed by atoms with Gasteiger partial charge in [0.25, 0.3) is 0 Å². The van der Waals surface area contributed by atoms with Gasteiger partial charge in [-0.2, -0.15) is 0 Å². The lowest BCUT2D eigenvalue weighted by molar-refractivity contribution is 0.174. The second-order valence-electron chi connectivity index (χ2n) is 6.50. The van der Waals surface area contributed by atoms with Crippen LogP contribution in [0.25, 0.3) is 22.2 Å². The molecule has 140 valence electrons. The number of hydrogen-bond donors (Lipinski definition) is 1. The van der Waals surface area contributed by atoms with Crippen LogP contribution in [-0.2, 0) is 13.1 Å². The quantitative estimate of drug-likeness (QED) is 0.566. The summed E-state index contributed by atoms with van der Waals surface area (Å²) >= 11 is 0. The Morgan fingerprint density at radius 2 is 1.79 bits per heavy atom. The van der Waals surface area contributed by atoms with Gasteiger partial charge in [0.15, 0.2) is 11.5 Å². The van der Waals surface area contributed by atoms with Gasteiger partial charge in [-0.25, -0.2) is 9.37 Å². The number of benzene rings is 2. The predicted octanol–water partition coefficient (Wildman–Crippen LogP) is 4.05. The lowest BCUT2D eigenvalue weighted by atomic mass is 10.0. The van der Waals surface area contributed by atoms with E-state index in [2.05, 4.69) is 16.5 Å². The Bertz CT molecular complexity index is 1130. The fourth-order valence-electron chi connectivity index (χ4n) is 3.25. The molecule has 0 atom stereocenters. The van der Waals surface area contributed by atoms with E-state index in [4.69, 9.17) is 19.0 Å². The Hall–Kier alpha value is -3.45. The zero-order valence-electron chi connectivity index (χ0n) is 14.8. The summed E-state index contributed by atoms with van der Waals surface area (Å²) in [7, 11) is 0. The number of halogens is 1. The van der Waals surface area contributed by atoms with Crippen LogP contribution >= 0.6 is 0 Å². The molecule has 3 heterocycles. The van der Waals surface area contributed by atoms with Crippen LogP contribution in [0, 0.1) is 5.82 Å². The number of aromatic nitrogens is 2. The molecule has 28 heavy (non-hydrogen) atoms. The highest BCUT2D eigenvalue weighted by molar-refractivity contribution is 5.86. The third-order valence-corrected chi connectivity index (χ3v) is 4.62. The van der Waals surface area contributed by atoms with Crippen molar-refractivity contribution < 1.29 is 18.4 Å². The van der Waals surface area contributed by atoms with E-state index in [0.29, 0.717) is 24.6 Å². The van der Waals surface area contributed by atoms with Crippen molar-refractivity contribution in [3.05, 3.63) is 71.9 Å². The molecule has 4 aromatic rings. The van der Waals surface area contributed by atoms with Crippen molar-refractivity contribution in [3.63, 3.8) is 0 Å². The molecule has 6 nitrogen and oxygen atoms in total. The summed E-state index contributed by atoms with van der Waals surface area (Å²) in [6.07, 6.45) is 1.54. The van der Waals surface area contributed by atoms with Gasteiger partial charge in [-0.3, -0.25) is 0 Å². The molecule has 0 spiro atoms. The average molecular weight is 377 g/mol. The summed E-state index contributed by atoms with van der Waals surface area (Å²) in [6, 6.07) is 14.0. The van der Waals surface area contributed by atoms with Crippen LogP contribution in [0.4, 0.5) is 4.39 Å². The highest BCUT2D eigenvalue weighted by Crippen LogP contribution is 2.37. The van der Waals surface area contributed by atoms with E-state index in [1.807, 2.05) is 18.2 Å². The molecule has 0 aliphatic carbocycles. The van der Waals surface area contributed by atoms with Crippen molar-refractivity contribution >= 4 is 10.9 Å². The maximum atomic E-state index is 13.4. The number of ether oxygens (including phenoxy) is 2. The van der Waals surface area contributed by atoms with Crippen molar-refractivity contribution in [1.29, 1.82) is 0 Å². The van der Waals surface area contributed by atoms with Crippen LogP contribution in [-0.4, -0.2) is 16.9 Å². The smallest absolute Gasteiger partial charge is 0.231 e. The van der Waals surface area contributed by atoms with Crippen LogP contribution in [0.3, 0.4) is 0 Å². The number of fused-ring (bicyclic) bond motifs is 2. The maximum absolute atomic E-state index is 13.4. The molecule has 1 aliphatic heterocycles. The molecular weight excluding hydrogens is 361 g/mol. The second kappa shape index (κ2) is 6.94. The Labute approximate surface area is 159 Å². The van der Waals surface area contributed by atoms with E-state index in [-0.39, 0.29) is 12.6 Å². The van der Waals surface area contributed by atoms with E-state index in [1.54, 1.807) is 18.4 Å². The first kappa shape index (κ1) is 16.7. The summed E-state index contributed by atoms with van der Waals surface area (Å²) in [5.41, 5.74) is 4.24. The van der Waals surface area contributed by atoms with Crippen LogP contribution < -0.4 is 14.8 Å². The van der Waals surface area contributed by atoms with Crippen molar-refractivity contribution in [2.24, 2.45) is 0 Å². The molecule has 1 aliphatic rings. The minimum Gasteiger partial charge on any atom is -0.454 e. The molecular formula is C21H16FN3O3. The van der Waals surface area contributed by atoms with Gasteiger partial charge in [-0.05, 0) is 42.0 Å². The van der Waals surface area contributed by atoms with Crippen molar-refractivity contribution in [1.82, 2.24) is 15.5 Å². The van der Waals surface area contributed by atoms with Crippen LogP contribution in [0.5, 0.6) is 11.5 Å². The highest BCUT2D eigenvalue weighted by atomic mass is 19.1. The highest BCUT2D eigenvalue weighted by Gasteiger charge is 2.17. The predicted molar refractivity (Wildman–Crippen MR) is 100 cm³/mol. The first-order chi connectivity index (χ1) is 13.8. The summed E-state index contributed by atoms with van der Waals surface area (Å²) in [5, 5.41) is 8.20. The van der Waals surface area contributed by atoms with Gasteiger partial charge in [0.1, 0.15) is 12.1 Å². The minimum absolute atomic E-state index is 0.211. The fourth-order valence-corrected chi connectivity index (χ4v) is 3.25. The van der Waals surface area contributed by atoms with Gasteiger partial charge in [0, 0.05) is 36.2 Å². The van der Waals surface area contributed by atoms with Gasteiger partial charge in [0.2, 0.25) is 6.79 Å². The molecule has 0 bridgehead atoms. The van der Waals surface area contributed by atoms with Gasteiger partial charge < -0.3 is 19.3 Å². The van der Waals surface area contributed by atoms with Crippen molar-refractivity contribution in [2.75, 3.05) is 6.79 Å². The lowest BCUT2D eigenvalue weighted by Gasteiger charge is -2.12. The van der Waals surface area contributed by atoms with E-state index in [9.17, 15) is 4.39 Å². The van der Waals surface area contributed by atoms with E-state index in [0.717, 1.165) is 33.4 Å². The first-order valence-corrected chi connectivity index (χ1v) is 8.85. The summed E-state index contributed by atoms with van der Waals surface area (Å²) in [5.74, 6) is 1.12. The maximum Gasteiger partial charge on any atom is 0.231 e. The first-order valence-electron chi connectivity index (χ1n) is 8.85. The van der Waals surface area contributed by atoms with Gasteiger partial charge in [-0.1, -0.05) is 5.16 Å². The van der Waals surface area contributed by atoms with E-state index in [1.165, 1.54) is 12.1 Å². The zero-order chi connectivity index (χ0) is 18.9. The van der Waals surface area contributed by atoms with E-state index < -0.39 is 0 Å². The molecule has 0 fully saturated rings. The number of pyridine rings is 1. The Kier molecular flexibility index (Phi) is 4.14. The van der Waals surface area contributed by atoms with Gasteiger partial charge in [-0.15, -0.1) is 0 Å². The van der Waals surface area contributed by atoms with Crippen molar-refractivity contribution in [2.45, 2.75) is 13.1 Å². The Morgan fingerprint density at radius 1 is 0.964 bits per heavy atom. The summed E-state index contributed by atoms with van der Waals surface area (Å²) in [6.45, 7) is 1.35. The number of hydrogen-bond acceptors (Lipinski definition) is 6. The SMILES string of the molecule is Fc1ccc(-c2nc3cc4c(cc3cc2CNCc2ccon2)OCO4)cc1. The molecule has 2 aromatic heterocycles. The van der Waals surface area contributed by atoms with Gasteiger partial charge >= 0.3 is 0 Å². The zero-order valence-corrected chi connectivity index (χ0v) is 14.8. The van der Waals surface area contributed by atoms with E-state index >= 15 is 0 Å². The topological polar surface area (TPSA) is 69.4 Å². The average Bonchev–Trinajstić information content (AvgIpc) is 3.38. The van der Waals surface area contributed by atoms with Crippen LogP contribution in [0.1, 0.15) is 11.3 Å².